The SMILES string of the molecule is CCOP(=O)(OCC)C1(P(=O)(OCC)OCC)CC(C(=S)c2ccccc2C)=NN1. The van der Waals surface area contributed by atoms with Crippen LogP contribution in [0.4, 0.5) is 0 Å². The molecular formula is C19H30N2O6P2S. The van der Waals surface area contributed by atoms with Gasteiger partial charge in [-0.25, -0.2) is 0 Å². The minimum atomic E-state index is -4.06. The summed E-state index contributed by atoms with van der Waals surface area (Å²) in [6.45, 7) is 8.98. The average Bonchev–Trinajstić information content (AvgIpc) is 3.17. The quantitative estimate of drug-likeness (QED) is 0.248. The maximum Gasteiger partial charge on any atom is 0.370 e. The van der Waals surface area contributed by atoms with Gasteiger partial charge in [0.25, 0.3) is 5.02 Å². The molecule has 0 radical (unpaired) electrons. The van der Waals surface area contributed by atoms with Gasteiger partial charge in [-0.3, -0.25) is 14.6 Å². The molecule has 30 heavy (non-hydrogen) atoms. The molecule has 0 unspecified atom stereocenters. The minimum Gasteiger partial charge on any atom is -0.307 e. The summed E-state index contributed by atoms with van der Waals surface area (Å²) in [5.74, 6) is 0. The van der Waals surface area contributed by atoms with E-state index in [4.69, 9.17) is 30.3 Å². The lowest BCUT2D eigenvalue weighted by Crippen LogP contribution is -2.42. The Kier molecular flexibility index (Phi) is 8.95. The first-order valence-corrected chi connectivity index (χ1v) is 13.5. The lowest BCUT2D eigenvalue weighted by Gasteiger charge is -2.38. The summed E-state index contributed by atoms with van der Waals surface area (Å²) >= 11 is 5.66. The fourth-order valence-electron chi connectivity index (χ4n) is 3.23. The lowest BCUT2D eigenvalue weighted by atomic mass is 10.0. The highest BCUT2D eigenvalue weighted by Gasteiger charge is 2.68. The van der Waals surface area contributed by atoms with Gasteiger partial charge in [0, 0.05) is 6.42 Å². The second kappa shape index (κ2) is 10.6. The number of benzene rings is 1. The van der Waals surface area contributed by atoms with Crippen LogP contribution in [-0.4, -0.2) is 42.0 Å². The van der Waals surface area contributed by atoms with E-state index >= 15 is 0 Å². The monoisotopic (exact) mass is 476 g/mol. The van der Waals surface area contributed by atoms with Crippen LogP contribution in [0.15, 0.2) is 29.4 Å². The van der Waals surface area contributed by atoms with Crippen LogP contribution in [0.25, 0.3) is 0 Å². The lowest BCUT2D eigenvalue weighted by molar-refractivity contribution is 0.172. The van der Waals surface area contributed by atoms with Crippen LogP contribution < -0.4 is 5.43 Å². The largest absolute Gasteiger partial charge is 0.370 e. The van der Waals surface area contributed by atoms with Gasteiger partial charge in [-0.2, -0.15) is 5.10 Å². The molecule has 1 aromatic carbocycles. The molecule has 1 N–H and O–H groups in total. The summed E-state index contributed by atoms with van der Waals surface area (Å²) in [7, 11) is -8.12. The van der Waals surface area contributed by atoms with Crippen molar-refractivity contribution in [2.75, 3.05) is 26.4 Å². The van der Waals surface area contributed by atoms with Crippen LogP contribution >= 0.6 is 27.4 Å². The smallest absolute Gasteiger partial charge is 0.307 e. The van der Waals surface area contributed by atoms with Gasteiger partial charge in [-0.1, -0.05) is 36.5 Å². The van der Waals surface area contributed by atoms with Gasteiger partial charge in [0.2, 0.25) is 0 Å². The van der Waals surface area contributed by atoms with Crippen LogP contribution in [0.1, 0.15) is 45.2 Å². The zero-order valence-corrected chi connectivity index (χ0v) is 20.6. The summed E-state index contributed by atoms with van der Waals surface area (Å²) in [6.07, 6.45) is -0.0886. The van der Waals surface area contributed by atoms with Crippen LogP contribution in [0.2, 0.25) is 0 Å². The third-order valence-corrected chi connectivity index (χ3v) is 11.2. The van der Waals surface area contributed by atoms with E-state index < -0.39 is 20.2 Å². The summed E-state index contributed by atoms with van der Waals surface area (Å²) in [4.78, 5) is 0.460. The third kappa shape index (κ3) is 4.63. The van der Waals surface area contributed by atoms with Gasteiger partial charge in [0.15, 0.2) is 0 Å². The molecule has 0 fully saturated rings. The molecule has 0 saturated carbocycles. The highest BCUT2D eigenvalue weighted by atomic mass is 32.1. The van der Waals surface area contributed by atoms with Crippen molar-refractivity contribution in [1.82, 2.24) is 5.43 Å². The highest BCUT2D eigenvalue weighted by molar-refractivity contribution is 7.82. The first kappa shape index (κ1) is 25.3. The van der Waals surface area contributed by atoms with Gasteiger partial charge < -0.3 is 18.1 Å². The Balaban J connectivity index is 2.57. The van der Waals surface area contributed by atoms with Crippen LogP contribution in [0, 0.1) is 6.92 Å². The van der Waals surface area contributed by atoms with E-state index in [1.807, 2.05) is 31.2 Å². The molecule has 1 aliphatic heterocycles. The van der Waals surface area contributed by atoms with E-state index in [1.54, 1.807) is 27.7 Å². The second-order valence-corrected chi connectivity index (χ2v) is 11.8. The van der Waals surface area contributed by atoms with Gasteiger partial charge in [-0.15, -0.1) is 0 Å². The van der Waals surface area contributed by atoms with Crippen molar-refractivity contribution in [2.45, 2.75) is 46.1 Å². The molecule has 0 aromatic heterocycles. The van der Waals surface area contributed by atoms with Gasteiger partial charge in [-0.05, 0) is 45.7 Å². The Morgan fingerprint density at radius 2 is 1.47 bits per heavy atom. The number of thiocarbonyl (C=S) groups is 1. The molecule has 2 rings (SSSR count). The molecule has 0 bridgehead atoms. The summed E-state index contributed by atoms with van der Waals surface area (Å²) in [6, 6.07) is 7.61. The van der Waals surface area contributed by atoms with Crippen molar-refractivity contribution in [2.24, 2.45) is 5.10 Å². The molecule has 1 heterocycles. The molecule has 11 heteroatoms. The third-order valence-electron chi connectivity index (χ3n) is 4.54. The normalized spacial score (nSPS) is 16.2. The van der Waals surface area contributed by atoms with Crippen molar-refractivity contribution in [1.29, 1.82) is 0 Å². The van der Waals surface area contributed by atoms with Crippen molar-refractivity contribution in [3.63, 3.8) is 0 Å². The van der Waals surface area contributed by atoms with E-state index in [9.17, 15) is 9.13 Å². The molecule has 0 amide bonds. The Labute approximate surface area is 183 Å². The Hall–Kier alpha value is -0.920. The standard InChI is InChI=1S/C19H30N2O6P2S/c1-6-24-28(22,25-7-2)19(29(23,26-8-3)27-9-4)14-17(20-21-19)18(30)16-13-11-10-12-15(16)5/h10-13,21H,6-9,14H2,1-5H3. The van der Waals surface area contributed by atoms with E-state index in [0.29, 0.717) is 10.6 Å². The number of hydrogen-bond acceptors (Lipinski definition) is 9. The zero-order valence-electron chi connectivity index (χ0n) is 18.0. The van der Waals surface area contributed by atoms with Gasteiger partial charge in [0.05, 0.1) is 37.0 Å². The average molecular weight is 476 g/mol. The topological polar surface area (TPSA) is 95.5 Å². The van der Waals surface area contributed by atoms with Crippen molar-refractivity contribution in [3.8, 4) is 0 Å². The molecule has 1 aliphatic rings. The number of rotatable bonds is 12. The molecule has 1 aromatic rings. The fourth-order valence-corrected chi connectivity index (χ4v) is 8.87. The number of nitrogens with zero attached hydrogens (tertiary/aromatic N) is 1. The first-order valence-electron chi connectivity index (χ1n) is 9.96. The molecule has 0 atom stereocenters. The summed E-state index contributed by atoms with van der Waals surface area (Å²) in [5.41, 5.74) is 4.99. The summed E-state index contributed by atoms with van der Waals surface area (Å²) < 4.78 is 50.2. The molecule has 0 saturated heterocycles. The second-order valence-electron chi connectivity index (χ2n) is 6.47. The molecule has 8 nitrogen and oxygen atoms in total. The van der Waals surface area contributed by atoms with Gasteiger partial charge in [0.1, 0.15) is 0 Å². The molecule has 168 valence electrons. The predicted molar refractivity (Wildman–Crippen MR) is 123 cm³/mol. The van der Waals surface area contributed by atoms with Crippen LogP contribution in [0.5, 0.6) is 0 Å². The maximum absolute atomic E-state index is 13.9. The van der Waals surface area contributed by atoms with Crippen molar-refractivity contribution in [3.05, 3.63) is 35.4 Å². The van der Waals surface area contributed by atoms with Crippen LogP contribution in [-0.2, 0) is 27.2 Å². The predicted octanol–water partition coefficient (Wildman–Crippen LogP) is 5.25. The van der Waals surface area contributed by atoms with Crippen molar-refractivity contribution >= 4 is 38.0 Å². The van der Waals surface area contributed by atoms with E-state index in [0.717, 1.165) is 11.1 Å². The number of hydrazone groups is 1. The van der Waals surface area contributed by atoms with Gasteiger partial charge >= 0.3 is 15.2 Å². The van der Waals surface area contributed by atoms with E-state index in [1.165, 1.54) is 0 Å². The summed E-state index contributed by atoms with van der Waals surface area (Å²) in [5, 5.41) is 2.50. The Bertz CT molecular complexity index is 842. The first-order chi connectivity index (χ1) is 14.2. The molecule has 0 spiro atoms. The zero-order chi connectivity index (χ0) is 22.4. The fraction of sp³-hybridized carbons (Fsp3) is 0.579. The number of hydrogen-bond donors (Lipinski definition) is 1. The highest BCUT2D eigenvalue weighted by Crippen LogP contribution is 2.78. The number of nitrogens with one attached hydrogen (secondary N) is 1. The maximum atomic E-state index is 13.9. The van der Waals surface area contributed by atoms with E-state index in [2.05, 4.69) is 10.5 Å². The van der Waals surface area contributed by atoms with Crippen LogP contribution in [0.3, 0.4) is 0 Å². The minimum absolute atomic E-state index is 0.0799. The van der Waals surface area contributed by atoms with Crippen molar-refractivity contribution < 1.29 is 27.2 Å². The Morgan fingerprint density at radius 1 is 1.00 bits per heavy atom. The molecule has 0 aliphatic carbocycles. The number of aryl methyl sites for hydroxylation is 1. The van der Waals surface area contributed by atoms with E-state index in [-0.39, 0.29) is 32.8 Å². The molecular weight excluding hydrogens is 446 g/mol. The Morgan fingerprint density at radius 3 is 1.90 bits per heavy atom.